The van der Waals surface area contributed by atoms with Gasteiger partial charge in [-0.1, -0.05) is 0 Å². The van der Waals surface area contributed by atoms with Gasteiger partial charge in [0.2, 0.25) is 0 Å². The van der Waals surface area contributed by atoms with Gasteiger partial charge >= 0.3 is 0 Å². The highest BCUT2D eigenvalue weighted by Crippen LogP contribution is 2.26. The fourth-order valence-corrected chi connectivity index (χ4v) is 3.00. The molecule has 1 saturated heterocycles. The normalized spacial score (nSPS) is 17.4. The molecule has 3 heteroatoms. The number of nitrogens with one attached hydrogen (secondary N) is 1. The maximum atomic E-state index is 13.3. The Morgan fingerprint density at radius 2 is 2.11 bits per heavy atom. The van der Waals surface area contributed by atoms with Crippen molar-refractivity contribution in [3.63, 3.8) is 0 Å². The van der Waals surface area contributed by atoms with Crippen molar-refractivity contribution in [3.8, 4) is 0 Å². The second kappa shape index (κ2) is 4.73. The van der Waals surface area contributed by atoms with Crippen LogP contribution in [-0.4, -0.2) is 17.7 Å². The third-order valence-corrected chi connectivity index (χ3v) is 4.00. The van der Waals surface area contributed by atoms with Gasteiger partial charge in [0.15, 0.2) is 0 Å². The molecule has 96 valence electrons. The number of aryl methyl sites for hydroxylation is 1. The van der Waals surface area contributed by atoms with Crippen LogP contribution in [-0.2, 0) is 13.5 Å². The molecular weight excluding hydrogens is 227 g/mol. The second-order valence-corrected chi connectivity index (χ2v) is 5.32. The standard InChI is InChI=1S/C15H19FN2/c1-18-10-12(8-11-4-6-17-7-5-11)14-3-2-13(16)9-15(14)18/h2-3,9-11,17H,4-8H2,1H3. The molecule has 0 amide bonds. The molecule has 0 atom stereocenters. The smallest absolute Gasteiger partial charge is 0.125 e. The molecule has 0 saturated carbocycles. The highest BCUT2D eigenvalue weighted by molar-refractivity contribution is 5.84. The molecule has 2 aromatic rings. The van der Waals surface area contributed by atoms with E-state index >= 15 is 0 Å². The summed E-state index contributed by atoms with van der Waals surface area (Å²) >= 11 is 0. The molecule has 1 fully saturated rings. The lowest BCUT2D eigenvalue weighted by atomic mass is 9.91. The van der Waals surface area contributed by atoms with Gasteiger partial charge in [0.25, 0.3) is 0 Å². The van der Waals surface area contributed by atoms with Crippen LogP contribution in [0, 0.1) is 11.7 Å². The van der Waals surface area contributed by atoms with Crippen molar-refractivity contribution in [1.29, 1.82) is 0 Å². The Morgan fingerprint density at radius 1 is 1.33 bits per heavy atom. The summed E-state index contributed by atoms with van der Waals surface area (Å²) in [5, 5.41) is 4.60. The van der Waals surface area contributed by atoms with Gasteiger partial charge in [-0.05, 0) is 62.0 Å². The van der Waals surface area contributed by atoms with Crippen molar-refractivity contribution >= 4 is 10.9 Å². The second-order valence-electron chi connectivity index (χ2n) is 5.32. The summed E-state index contributed by atoms with van der Waals surface area (Å²) in [6.07, 6.45) is 5.77. The van der Waals surface area contributed by atoms with Gasteiger partial charge in [0.05, 0.1) is 5.52 Å². The number of piperidine rings is 1. The number of aromatic nitrogens is 1. The van der Waals surface area contributed by atoms with Gasteiger partial charge in [0, 0.05) is 18.6 Å². The highest BCUT2D eigenvalue weighted by atomic mass is 19.1. The van der Waals surface area contributed by atoms with E-state index in [1.54, 1.807) is 12.1 Å². The fourth-order valence-electron chi connectivity index (χ4n) is 3.00. The Labute approximate surface area is 107 Å². The lowest BCUT2D eigenvalue weighted by Gasteiger charge is -2.22. The maximum absolute atomic E-state index is 13.3. The van der Waals surface area contributed by atoms with Gasteiger partial charge in [-0.25, -0.2) is 4.39 Å². The quantitative estimate of drug-likeness (QED) is 0.862. The summed E-state index contributed by atoms with van der Waals surface area (Å²) in [6.45, 7) is 2.26. The Balaban J connectivity index is 1.91. The van der Waals surface area contributed by atoms with Crippen LogP contribution in [0.15, 0.2) is 24.4 Å². The molecule has 1 aliphatic rings. The number of benzene rings is 1. The Morgan fingerprint density at radius 3 is 2.89 bits per heavy atom. The molecule has 1 aromatic heterocycles. The van der Waals surface area contributed by atoms with E-state index in [4.69, 9.17) is 0 Å². The molecule has 0 radical (unpaired) electrons. The first-order valence-electron chi connectivity index (χ1n) is 6.68. The largest absolute Gasteiger partial charge is 0.350 e. The van der Waals surface area contributed by atoms with Crippen LogP contribution < -0.4 is 5.32 Å². The van der Waals surface area contributed by atoms with Gasteiger partial charge in [-0.2, -0.15) is 0 Å². The molecule has 2 nitrogen and oxygen atoms in total. The average Bonchev–Trinajstić information content (AvgIpc) is 2.67. The molecule has 3 rings (SSSR count). The maximum Gasteiger partial charge on any atom is 0.125 e. The Kier molecular flexibility index (Phi) is 3.08. The summed E-state index contributed by atoms with van der Waals surface area (Å²) in [6, 6.07) is 5.11. The molecule has 0 aliphatic carbocycles. The van der Waals surface area contributed by atoms with Gasteiger partial charge < -0.3 is 9.88 Å². The number of nitrogens with zero attached hydrogens (tertiary/aromatic N) is 1. The van der Waals surface area contributed by atoms with Crippen molar-refractivity contribution in [2.75, 3.05) is 13.1 Å². The van der Waals surface area contributed by atoms with Crippen LogP contribution in [0.25, 0.3) is 10.9 Å². The predicted octanol–water partition coefficient (Wildman–Crippen LogP) is 2.86. The van der Waals surface area contributed by atoms with E-state index in [0.29, 0.717) is 0 Å². The van der Waals surface area contributed by atoms with Crippen molar-refractivity contribution in [1.82, 2.24) is 9.88 Å². The Hall–Kier alpha value is -1.35. The van der Waals surface area contributed by atoms with E-state index in [1.807, 2.05) is 17.7 Å². The number of hydrogen-bond acceptors (Lipinski definition) is 1. The van der Waals surface area contributed by atoms with Crippen LogP contribution in [0.2, 0.25) is 0 Å². The van der Waals surface area contributed by atoms with E-state index in [1.165, 1.54) is 23.8 Å². The van der Waals surface area contributed by atoms with Crippen molar-refractivity contribution < 1.29 is 4.39 Å². The van der Waals surface area contributed by atoms with Crippen LogP contribution in [0.5, 0.6) is 0 Å². The topological polar surface area (TPSA) is 17.0 Å². The summed E-state index contributed by atoms with van der Waals surface area (Å²) in [4.78, 5) is 0. The van der Waals surface area contributed by atoms with Crippen LogP contribution in [0.1, 0.15) is 18.4 Å². The number of rotatable bonds is 2. The first-order chi connectivity index (χ1) is 8.74. The average molecular weight is 246 g/mol. The summed E-state index contributed by atoms with van der Waals surface area (Å²) < 4.78 is 15.3. The first kappa shape index (κ1) is 11.7. The van der Waals surface area contributed by atoms with Gasteiger partial charge in [-0.3, -0.25) is 0 Å². The minimum absolute atomic E-state index is 0.155. The molecule has 0 spiro atoms. The van der Waals surface area contributed by atoms with Crippen molar-refractivity contribution in [3.05, 3.63) is 35.8 Å². The van der Waals surface area contributed by atoms with Crippen molar-refractivity contribution in [2.45, 2.75) is 19.3 Å². The van der Waals surface area contributed by atoms with Gasteiger partial charge in [0.1, 0.15) is 5.82 Å². The Bertz CT molecular complexity index is 553. The number of halogens is 1. The van der Waals surface area contributed by atoms with E-state index < -0.39 is 0 Å². The van der Waals surface area contributed by atoms with Crippen LogP contribution in [0.4, 0.5) is 4.39 Å². The third-order valence-electron chi connectivity index (χ3n) is 4.00. The summed E-state index contributed by atoms with van der Waals surface area (Å²) in [7, 11) is 1.99. The SMILES string of the molecule is Cn1cc(CC2CCNCC2)c2ccc(F)cc21. The van der Waals surface area contributed by atoms with E-state index in [9.17, 15) is 4.39 Å². The first-order valence-corrected chi connectivity index (χ1v) is 6.68. The summed E-state index contributed by atoms with van der Waals surface area (Å²) in [5.41, 5.74) is 2.36. The lowest BCUT2D eigenvalue weighted by Crippen LogP contribution is -2.28. The molecule has 1 N–H and O–H groups in total. The zero-order valence-electron chi connectivity index (χ0n) is 10.7. The predicted molar refractivity (Wildman–Crippen MR) is 72.2 cm³/mol. The molecule has 2 heterocycles. The number of fused-ring (bicyclic) bond motifs is 1. The minimum Gasteiger partial charge on any atom is -0.350 e. The van der Waals surface area contributed by atoms with Gasteiger partial charge in [-0.15, -0.1) is 0 Å². The molecular formula is C15H19FN2. The highest BCUT2D eigenvalue weighted by Gasteiger charge is 2.16. The number of hydrogen-bond donors (Lipinski definition) is 1. The minimum atomic E-state index is -0.155. The van der Waals surface area contributed by atoms with Crippen molar-refractivity contribution in [2.24, 2.45) is 13.0 Å². The van der Waals surface area contributed by atoms with E-state index in [0.717, 1.165) is 30.9 Å². The molecule has 18 heavy (non-hydrogen) atoms. The molecule has 0 bridgehead atoms. The molecule has 1 aromatic carbocycles. The summed E-state index contributed by atoms with van der Waals surface area (Å²) in [5.74, 6) is 0.610. The zero-order chi connectivity index (χ0) is 12.5. The van der Waals surface area contributed by atoms with E-state index in [-0.39, 0.29) is 5.82 Å². The third kappa shape index (κ3) is 2.15. The van der Waals surface area contributed by atoms with Crippen LogP contribution in [0.3, 0.4) is 0 Å². The zero-order valence-corrected chi connectivity index (χ0v) is 10.7. The van der Waals surface area contributed by atoms with Crippen LogP contribution >= 0.6 is 0 Å². The monoisotopic (exact) mass is 246 g/mol. The lowest BCUT2D eigenvalue weighted by molar-refractivity contribution is 0.373. The molecule has 1 aliphatic heterocycles. The fraction of sp³-hybridized carbons (Fsp3) is 0.467. The van der Waals surface area contributed by atoms with E-state index in [2.05, 4.69) is 11.5 Å². The molecule has 0 unspecified atom stereocenters.